The fourth-order valence-electron chi connectivity index (χ4n) is 2.15. The van der Waals surface area contributed by atoms with E-state index in [1.807, 2.05) is 0 Å². The number of hydrogen-bond acceptors (Lipinski definition) is 10. The van der Waals surface area contributed by atoms with E-state index in [-0.39, 0.29) is 5.75 Å². The molecule has 26 heavy (non-hydrogen) atoms. The lowest BCUT2D eigenvalue weighted by Crippen LogP contribution is -2.41. The first-order valence-electron chi connectivity index (χ1n) is 7.06. The average Bonchev–Trinajstić information content (AvgIpc) is 2.50. The summed E-state index contributed by atoms with van der Waals surface area (Å²) in [5.74, 6) is -6.46. The van der Waals surface area contributed by atoms with Crippen LogP contribution in [0.15, 0.2) is 12.1 Å². The Balaban J connectivity index is 3.95. The van der Waals surface area contributed by atoms with Crippen molar-refractivity contribution in [3.05, 3.63) is 27.8 Å². The van der Waals surface area contributed by atoms with E-state index < -0.39 is 45.8 Å². The summed E-state index contributed by atoms with van der Waals surface area (Å²) in [6.07, 6.45) is 0. The van der Waals surface area contributed by atoms with Crippen LogP contribution in [0.2, 0.25) is 0 Å². The van der Waals surface area contributed by atoms with Crippen LogP contribution in [0, 0.1) is 10.1 Å². The van der Waals surface area contributed by atoms with Crippen molar-refractivity contribution in [2.24, 2.45) is 0 Å². The second-order valence-electron chi connectivity index (χ2n) is 4.79. The fraction of sp³-hybridized carbons (Fsp3) is 0.400. The van der Waals surface area contributed by atoms with Gasteiger partial charge >= 0.3 is 29.6 Å². The Morgan fingerprint density at radius 1 is 0.923 bits per heavy atom. The lowest BCUT2D eigenvalue weighted by molar-refractivity contribution is -0.386. The lowest BCUT2D eigenvalue weighted by atomic mass is 10.1. The quantitative estimate of drug-likeness (QED) is 0.299. The van der Waals surface area contributed by atoms with E-state index in [9.17, 15) is 24.5 Å². The number of methoxy groups -OCH3 is 2. The Bertz CT molecular complexity index is 701. The Morgan fingerprint density at radius 2 is 1.38 bits per heavy atom. The van der Waals surface area contributed by atoms with Crippen LogP contribution in [-0.4, -0.2) is 37.1 Å². The number of benzene rings is 1. The first kappa shape index (κ1) is 20.7. The number of esters is 3. The standard InChI is InChI=1S/C15H17NO10/c1-8(17)24-15(25-9(2)18,26-10(3)19)13-12(22-4)7-6-11(16(20)21)14(13)23-5/h6-7H,1-5H3. The van der Waals surface area contributed by atoms with Crippen molar-refractivity contribution in [2.45, 2.75) is 26.7 Å². The highest BCUT2D eigenvalue weighted by molar-refractivity contribution is 5.73. The molecule has 1 rings (SSSR count). The maximum absolute atomic E-state index is 11.6. The number of nitrogens with zero attached hydrogens (tertiary/aromatic N) is 1. The van der Waals surface area contributed by atoms with E-state index in [2.05, 4.69) is 0 Å². The molecule has 0 spiro atoms. The van der Waals surface area contributed by atoms with Gasteiger partial charge in [0.25, 0.3) is 0 Å². The maximum atomic E-state index is 11.6. The third kappa shape index (κ3) is 4.37. The van der Waals surface area contributed by atoms with Gasteiger partial charge in [0.1, 0.15) is 5.75 Å². The van der Waals surface area contributed by atoms with Gasteiger partial charge in [0.05, 0.1) is 19.1 Å². The highest BCUT2D eigenvalue weighted by Crippen LogP contribution is 2.46. The highest BCUT2D eigenvalue weighted by Gasteiger charge is 2.51. The van der Waals surface area contributed by atoms with Gasteiger partial charge in [-0.15, -0.1) is 0 Å². The van der Waals surface area contributed by atoms with E-state index in [1.54, 1.807) is 0 Å². The van der Waals surface area contributed by atoms with Gasteiger partial charge in [0.2, 0.25) is 5.75 Å². The lowest BCUT2D eigenvalue weighted by Gasteiger charge is -2.31. The van der Waals surface area contributed by atoms with Gasteiger partial charge in [0, 0.05) is 26.8 Å². The molecule has 0 radical (unpaired) electrons. The number of nitro groups is 1. The van der Waals surface area contributed by atoms with E-state index in [4.69, 9.17) is 23.7 Å². The maximum Gasteiger partial charge on any atom is 0.461 e. The van der Waals surface area contributed by atoms with Crippen molar-refractivity contribution < 1.29 is 43.0 Å². The monoisotopic (exact) mass is 371 g/mol. The van der Waals surface area contributed by atoms with Crippen LogP contribution in [0.4, 0.5) is 5.69 Å². The number of carbonyl (C=O) groups is 3. The molecule has 11 nitrogen and oxygen atoms in total. The first-order valence-corrected chi connectivity index (χ1v) is 7.06. The van der Waals surface area contributed by atoms with E-state index in [0.717, 1.165) is 40.0 Å². The molecule has 0 aromatic heterocycles. The fourth-order valence-corrected chi connectivity index (χ4v) is 2.15. The number of carbonyl (C=O) groups excluding carboxylic acids is 3. The summed E-state index contributed by atoms with van der Waals surface area (Å²) in [6, 6.07) is 2.20. The third-order valence-electron chi connectivity index (χ3n) is 2.86. The summed E-state index contributed by atoms with van der Waals surface area (Å²) >= 11 is 0. The third-order valence-corrected chi connectivity index (χ3v) is 2.86. The summed E-state index contributed by atoms with van der Waals surface area (Å²) in [4.78, 5) is 45.3. The summed E-state index contributed by atoms with van der Waals surface area (Å²) in [5, 5.41) is 11.3. The minimum atomic E-state index is -2.79. The molecular formula is C15H17NO10. The molecule has 0 saturated heterocycles. The van der Waals surface area contributed by atoms with Gasteiger partial charge in [0.15, 0.2) is 5.56 Å². The Labute approximate surface area is 147 Å². The molecule has 0 aliphatic rings. The Morgan fingerprint density at radius 3 is 1.69 bits per heavy atom. The molecule has 0 amide bonds. The minimum Gasteiger partial charge on any atom is -0.496 e. The molecule has 0 N–H and O–H groups in total. The van der Waals surface area contributed by atoms with Crippen LogP contribution in [0.1, 0.15) is 26.3 Å². The van der Waals surface area contributed by atoms with Crippen molar-refractivity contribution >= 4 is 23.6 Å². The molecule has 1 aromatic carbocycles. The van der Waals surface area contributed by atoms with Crippen LogP contribution in [0.25, 0.3) is 0 Å². The van der Waals surface area contributed by atoms with E-state index in [0.29, 0.717) is 0 Å². The largest absolute Gasteiger partial charge is 0.496 e. The normalized spacial score (nSPS) is 10.5. The molecule has 0 unspecified atom stereocenters. The summed E-state index contributed by atoms with van der Waals surface area (Å²) < 4.78 is 25.0. The van der Waals surface area contributed by atoms with Crippen LogP contribution >= 0.6 is 0 Å². The number of rotatable bonds is 7. The molecule has 0 aliphatic heterocycles. The van der Waals surface area contributed by atoms with Crippen LogP contribution < -0.4 is 9.47 Å². The van der Waals surface area contributed by atoms with Gasteiger partial charge in [-0.3, -0.25) is 24.5 Å². The molecule has 0 atom stereocenters. The van der Waals surface area contributed by atoms with Crippen LogP contribution in [-0.2, 0) is 34.6 Å². The predicted octanol–water partition coefficient (Wildman–Crippen LogP) is 1.41. The van der Waals surface area contributed by atoms with Crippen molar-refractivity contribution in [1.29, 1.82) is 0 Å². The Hall–Kier alpha value is -3.37. The zero-order valence-electron chi connectivity index (χ0n) is 14.7. The number of nitro benzene ring substituents is 1. The first-order chi connectivity index (χ1) is 12.1. The van der Waals surface area contributed by atoms with Gasteiger partial charge in [-0.1, -0.05) is 0 Å². The van der Waals surface area contributed by atoms with Crippen molar-refractivity contribution in [3.8, 4) is 11.5 Å². The zero-order valence-corrected chi connectivity index (χ0v) is 14.7. The molecule has 1 aromatic rings. The van der Waals surface area contributed by atoms with Crippen molar-refractivity contribution in [1.82, 2.24) is 0 Å². The molecule has 0 aliphatic carbocycles. The highest BCUT2D eigenvalue weighted by atomic mass is 16.9. The number of hydrogen-bond donors (Lipinski definition) is 0. The van der Waals surface area contributed by atoms with E-state index in [1.165, 1.54) is 7.11 Å². The molecule has 0 bridgehead atoms. The SMILES string of the molecule is COc1ccc([N+](=O)[O-])c(OC)c1C(OC(C)=O)(OC(C)=O)OC(C)=O. The molecule has 0 fully saturated rings. The van der Waals surface area contributed by atoms with Gasteiger partial charge < -0.3 is 23.7 Å². The van der Waals surface area contributed by atoms with Gasteiger partial charge in [-0.2, -0.15) is 0 Å². The zero-order chi connectivity index (χ0) is 20.1. The second kappa shape index (κ2) is 8.14. The average molecular weight is 371 g/mol. The number of ether oxygens (including phenoxy) is 5. The minimum absolute atomic E-state index is 0.156. The molecule has 0 heterocycles. The summed E-state index contributed by atoms with van der Waals surface area (Å²) in [5.41, 5.74) is -1.04. The van der Waals surface area contributed by atoms with Gasteiger partial charge in [-0.05, 0) is 6.07 Å². The van der Waals surface area contributed by atoms with Gasteiger partial charge in [-0.25, -0.2) is 0 Å². The Kier molecular flexibility index (Phi) is 6.47. The summed E-state index contributed by atoms with van der Waals surface area (Å²) in [6.45, 7) is 2.87. The predicted molar refractivity (Wildman–Crippen MR) is 83.2 cm³/mol. The van der Waals surface area contributed by atoms with Crippen molar-refractivity contribution in [3.63, 3.8) is 0 Å². The van der Waals surface area contributed by atoms with Crippen molar-refractivity contribution in [2.75, 3.05) is 14.2 Å². The van der Waals surface area contributed by atoms with Crippen LogP contribution in [0.3, 0.4) is 0 Å². The van der Waals surface area contributed by atoms with E-state index >= 15 is 0 Å². The smallest absolute Gasteiger partial charge is 0.461 e. The molecular weight excluding hydrogens is 354 g/mol. The molecule has 11 heteroatoms. The molecule has 0 saturated carbocycles. The molecule has 142 valence electrons. The topological polar surface area (TPSA) is 141 Å². The summed E-state index contributed by atoms with van der Waals surface area (Å²) in [7, 11) is 2.29. The second-order valence-corrected chi connectivity index (χ2v) is 4.79. The van der Waals surface area contributed by atoms with Crippen LogP contribution in [0.5, 0.6) is 11.5 Å².